The molecule has 5 rings (SSSR count). The summed E-state index contributed by atoms with van der Waals surface area (Å²) in [6.45, 7) is 0. The Morgan fingerprint density at radius 3 is 2.56 bits per heavy atom. The van der Waals surface area contributed by atoms with Crippen LogP contribution in [0.25, 0.3) is 5.69 Å². The summed E-state index contributed by atoms with van der Waals surface area (Å²) in [5.41, 5.74) is 3.42. The van der Waals surface area contributed by atoms with E-state index in [0.717, 1.165) is 11.4 Å². The number of hydrogen-bond donors (Lipinski definition) is 1. The Balaban J connectivity index is 1.48. The van der Waals surface area contributed by atoms with Crippen LogP contribution in [0, 0.1) is 5.82 Å². The lowest BCUT2D eigenvalue weighted by Crippen LogP contribution is -2.05. The minimum atomic E-state index is -0.291. The van der Waals surface area contributed by atoms with Crippen molar-refractivity contribution in [2.75, 3.05) is 5.32 Å². The standard InChI is InChI=1S/C19H18FN5/c20-15-9-14(23-19-11-21-7-8-22-19)5-6-17(15)25-18(13-3-4-13)10-16(24-25)12-1-2-12/h5-13H,1-4H2,(H,22,23). The maximum Gasteiger partial charge on any atom is 0.150 e. The second-order valence-electron chi connectivity index (χ2n) is 6.84. The van der Waals surface area contributed by atoms with E-state index in [1.165, 1.54) is 31.7 Å². The highest BCUT2D eigenvalue weighted by Gasteiger charge is 2.33. The summed E-state index contributed by atoms with van der Waals surface area (Å²) >= 11 is 0. The van der Waals surface area contributed by atoms with Gasteiger partial charge in [-0.1, -0.05) is 0 Å². The lowest BCUT2D eigenvalue weighted by atomic mass is 10.2. The first-order valence-corrected chi connectivity index (χ1v) is 8.71. The normalized spacial score (nSPS) is 16.8. The first kappa shape index (κ1) is 14.6. The predicted molar refractivity (Wildman–Crippen MR) is 92.8 cm³/mol. The SMILES string of the molecule is Fc1cc(Nc2cnccn2)ccc1-n1nc(C2CC2)cc1C1CC1. The number of anilines is 2. The molecule has 0 bridgehead atoms. The number of nitrogens with one attached hydrogen (secondary N) is 1. The highest BCUT2D eigenvalue weighted by molar-refractivity contribution is 5.58. The van der Waals surface area contributed by atoms with Crippen molar-refractivity contribution in [3.8, 4) is 5.69 Å². The summed E-state index contributed by atoms with van der Waals surface area (Å²) in [6, 6.07) is 7.30. The molecule has 25 heavy (non-hydrogen) atoms. The molecule has 2 aliphatic carbocycles. The van der Waals surface area contributed by atoms with E-state index in [2.05, 4.69) is 21.4 Å². The van der Waals surface area contributed by atoms with Crippen molar-refractivity contribution in [3.05, 3.63) is 60.1 Å². The van der Waals surface area contributed by atoms with Crippen LogP contribution in [-0.4, -0.2) is 19.7 Å². The largest absolute Gasteiger partial charge is 0.339 e. The van der Waals surface area contributed by atoms with Crippen molar-refractivity contribution in [2.24, 2.45) is 0 Å². The average Bonchev–Trinajstić information content (AvgIpc) is 3.55. The van der Waals surface area contributed by atoms with Gasteiger partial charge in [0.15, 0.2) is 5.82 Å². The molecule has 126 valence electrons. The van der Waals surface area contributed by atoms with Crippen LogP contribution in [0.4, 0.5) is 15.9 Å². The van der Waals surface area contributed by atoms with Crippen LogP contribution in [0.2, 0.25) is 0 Å². The topological polar surface area (TPSA) is 55.6 Å². The monoisotopic (exact) mass is 335 g/mol. The number of hydrogen-bond acceptors (Lipinski definition) is 4. The first-order valence-electron chi connectivity index (χ1n) is 8.71. The number of nitrogens with zero attached hydrogens (tertiary/aromatic N) is 4. The summed E-state index contributed by atoms with van der Waals surface area (Å²) in [4.78, 5) is 8.14. The van der Waals surface area contributed by atoms with E-state index in [-0.39, 0.29) is 5.82 Å². The lowest BCUT2D eigenvalue weighted by molar-refractivity contribution is 0.606. The zero-order valence-electron chi connectivity index (χ0n) is 13.7. The molecular formula is C19H18FN5. The highest BCUT2D eigenvalue weighted by atomic mass is 19.1. The Kier molecular flexibility index (Phi) is 3.29. The molecule has 2 aromatic heterocycles. The molecule has 2 heterocycles. The highest BCUT2D eigenvalue weighted by Crippen LogP contribution is 2.45. The Labute approximate surface area is 144 Å². The fourth-order valence-corrected chi connectivity index (χ4v) is 3.12. The van der Waals surface area contributed by atoms with Gasteiger partial charge in [-0.2, -0.15) is 5.10 Å². The van der Waals surface area contributed by atoms with Crippen LogP contribution in [0.15, 0.2) is 42.9 Å². The van der Waals surface area contributed by atoms with E-state index in [1.54, 1.807) is 24.7 Å². The minimum absolute atomic E-state index is 0.291. The van der Waals surface area contributed by atoms with E-state index < -0.39 is 0 Å². The molecule has 2 saturated carbocycles. The Morgan fingerprint density at radius 2 is 1.88 bits per heavy atom. The average molecular weight is 335 g/mol. The summed E-state index contributed by atoms with van der Waals surface area (Å²) in [6.07, 6.45) is 9.54. The van der Waals surface area contributed by atoms with Crippen LogP contribution in [-0.2, 0) is 0 Å². The van der Waals surface area contributed by atoms with Crippen LogP contribution in [0.1, 0.15) is 48.9 Å². The van der Waals surface area contributed by atoms with Gasteiger partial charge in [0.2, 0.25) is 0 Å². The molecular weight excluding hydrogens is 317 g/mol. The van der Waals surface area contributed by atoms with Crippen LogP contribution in [0.5, 0.6) is 0 Å². The van der Waals surface area contributed by atoms with Crippen molar-refractivity contribution in [1.82, 2.24) is 19.7 Å². The Bertz CT molecular complexity index is 913. The van der Waals surface area contributed by atoms with Crippen molar-refractivity contribution >= 4 is 11.5 Å². The van der Waals surface area contributed by atoms with Gasteiger partial charge in [-0.3, -0.25) is 4.98 Å². The summed E-state index contributed by atoms with van der Waals surface area (Å²) < 4.78 is 16.6. The second-order valence-corrected chi connectivity index (χ2v) is 6.84. The van der Waals surface area contributed by atoms with E-state index in [0.29, 0.717) is 29.0 Å². The van der Waals surface area contributed by atoms with Crippen LogP contribution < -0.4 is 5.32 Å². The maximum absolute atomic E-state index is 14.8. The Morgan fingerprint density at radius 1 is 1.04 bits per heavy atom. The molecule has 5 nitrogen and oxygen atoms in total. The third-order valence-corrected chi connectivity index (χ3v) is 4.76. The molecule has 1 N–H and O–H groups in total. The zero-order valence-corrected chi connectivity index (χ0v) is 13.7. The molecule has 0 spiro atoms. The quantitative estimate of drug-likeness (QED) is 0.755. The Hall–Kier alpha value is -2.76. The van der Waals surface area contributed by atoms with Crippen LogP contribution in [0.3, 0.4) is 0 Å². The van der Waals surface area contributed by atoms with Gasteiger partial charge < -0.3 is 5.32 Å². The fourth-order valence-electron chi connectivity index (χ4n) is 3.12. The molecule has 1 aromatic carbocycles. The molecule has 0 atom stereocenters. The molecule has 6 heteroatoms. The molecule has 3 aromatic rings. The predicted octanol–water partition coefficient (Wildman–Crippen LogP) is 4.30. The van der Waals surface area contributed by atoms with Crippen molar-refractivity contribution in [2.45, 2.75) is 37.5 Å². The summed E-state index contributed by atoms with van der Waals surface area (Å²) in [7, 11) is 0. The van der Waals surface area contributed by atoms with Gasteiger partial charge in [0.1, 0.15) is 11.5 Å². The van der Waals surface area contributed by atoms with E-state index in [4.69, 9.17) is 5.10 Å². The molecule has 0 saturated heterocycles. The van der Waals surface area contributed by atoms with Crippen molar-refractivity contribution < 1.29 is 4.39 Å². The van der Waals surface area contributed by atoms with Gasteiger partial charge >= 0.3 is 0 Å². The third-order valence-electron chi connectivity index (χ3n) is 4.76. The number of aromatic nitrogens is 4. The minimum Gasteiger partial charge on any atom is -0.339 e. The van der Waals surface area contributed by atoms with Crippen LogP contribution >= 0.6 is 0 Å². The van der Waals surface area contributed by atoms with Gasteiger partial charge in [0.25, 0.3) is 0 Å². The second kappa shape index (κ2) is 5.65. The molecule has 0 unspecified atom stereocenters. The fraction of sp³-hybridized carbons (Fsp3) is 0.316. The van der Waals surface area contributed by atoms with Gasteiger partial charge in [-0.05, 0) is 49.9 Å². The zero-order chi connectivity index (χ0) is 16.8. The van der Waals surface area contributed by atoms with Crippen molar-refractivity contribution in [3.63, 3.8) is 0 Å². The van der Waals surface area contributed by atoms with Gasteiger partial charge in [-0.15, -0.1) is 0 Å². The molecule has 0 radical (unpaired) electrons. The van der Waals surface area contributed by atoms with Gasteiger partial charge in [-0.25, -0.2) is 14.1 Å². The number of rotatable bonds is 5. The summed E-state index contributed by atoms with van der Waals surface area (Å²) in [5.74, 6) is 1.39. The molecule has 0 aliphatic heterocycles. The lowest BCUT2D eigenvalue weighted by Gasteiger charge is -2.10. The number of halogens is 1. The molecule has 0 amide bonds. The van der Waals surface area contributed by atoms with E-state index in [9.17, 15) is 4.39 Å². The summed E-state index contributed by atoms with van der Waals surface area (Å²) in [5, 5.41) is 7.78. The maximum atomic E-state index is 14.8. The first-order chi connectivity index (χ1) is 12.3. The smallest absolute Gasteiger partial charge is 0.150 e. The molecule has 2 aliphatic rings. The van der Waals surface area contributed by atoms with Gasteiger partial charge in [0, 0.05) is 35.6 Å². The third kappa shape index (κ3) is 2.88. The van der Waals surface area contributed by atoms with E-state index >= 15 is 0 Å². The number of benzene rings is 1. The van der Waals surface area contributed by atoms with Gasteiger partial charge in [0.05, 0.1) is 11.9 Å². The van der Waals surface area contributed by atoms with E-state index in [1.807, 2.05) is 10.7 Å². The van der Waals surface area contributed by atoms with Crippen molar-refractivity contribution in [1.29, 1.82) is 0 Å². The molecule has 2 fully saturated rings.